The molecule has 0 bridgehead atoms. The number of aliphatic carboxylic acids is 1. The van der Waals surface area contributed by atoms with Gasteiger partial charge in [0.25, 0.3) is 0 Å². The van der Waals surface area contributed by atoms with Gasteiger partial charge in [0.15, 0.2) is 0 Å². The van der Waals surface area contributed by atoms with Crippen LogP contribution in [-0.4, -0.2) is 48.1 Å². The number of anilines is 2. The molecule has 1 heterocycles. The highest BCUT2D eigenvalue weighted by molar-refractivity contribution is 5.95. The molecule has 0 aliphatic carbocycles. The normalized spacial score (nSPS) is 15.0. The number of hydrogen-bond donors (Lipinski definition) is 2. The lowest BCUT2D eigenvalue weighted by Gasteiger charge is -2.37. The molecule has 1 aliphatic rings. The van der Waals surface area contributed by atoms with Gasteiger partial charge in [-0.1, -0.05) is 30.3 Å². The van der Waals surface area contributed by atoms with E-state index in [1.165, 1.54) is 11.6 Å². The van der Waals surface area contributed by atoms with Gasteiger partial charge in [-0.2, -0.15) is 13.2 Å². The number of carbonyl (C=O) groups is 2. The van der Waals surface area contributed by atoms with Crippen molar-refractivity contribution >= 4 is 23.3 Å². The fourth-order valence-corrected chi connectivity index (χ4v) is 3.51. The maximum atomic E-state index is 13.2. The molecule has 166 valence electrons. The van der Waals surface area contributed by atoms with Gasteiger partial charge in [-0.05, 0) is 23.8 Å². The van der Waals surface area contributed by atoms with Gasteiger partial charge in [-0.3, -0.25) is 14.5 Å². The summed E-state index contributed by atoms with van der Waals surface area (Å²) < 4.78 is 39.5. The third-order valence-corrected chi connectivity index (χ3v) is 5.13. The van der Waals surface area contributed by atoms with Crippen molar-refractivity contribution in [2.24, 2.45) is 0 Å². The molecule has 0 saturated carbocycles. The topological polar surface area (TPSA) is 72.9 Å². The van der Waals surface area contributed by atoms with E-state index in [1.807, 2.05) is 35.2 Å². The predicted molar refractivity (Wildman–Crippen MR) is 111 cm³/mol. The minimum Gasteiger partial charge on any atom is -0.481 e. The van der Waals surface area contributed by atoms with Crippen LogP contribution < -0.4 is 10.2 Å². The average Bonchev–Trinajstić information content (AvgIpc) is 2.73. The first kappa shape index (κ1) is 22.6. The molecule has 0 unspecified atom stereocenters. The van der Waals surface area contributed by atoms with Crippen LogP contribution in [0.5, 0.6) is 0 Å². The summed E-state index contributed by atoms with van der Waals surface area (Å²) in [6, 6.07) is 13.3. The van der Waals surface area contributed by atoms with E-state index in [9.17, 15) is 22.8 Å². The number of halogens is 3. The monoisotopic (exact) mass is 435 g/mol. The van der Waals surface area contributed by atoms with Crippen molar-refractivity contribution in [2.45, 2.75) is 25.6 Å². The summed E-state index contributed by atoms with van der Waals surface area (Å²) in [6.45, 7) is 3.43. The van der Waals surface area contributed by atoms with Crippen molar-refractivity contribution in [1.29, 1.82) is 0 Å². The SMILES string of the molecule is O=C(O)CCC(=O)Nc1cc(C(F)(F)F)ccc1N1CCN(Cc2ccccc2)CC1. The first-order valence-corrected chi connectivity index (χ1v) is 9.96. The summed E-state index contributed by atoms with van der Waals surface area (Å²) in [5, 5.41) is 11.2. The first-order valence-electron chi connectivity index (χ1n) is 9.96. The van der Waals surface area contributed by atoms with Crippen LogP contribution in [-0.2, 0) is 22.3 Å². The number of amides is 1. The van der Waals surface area contributed by atoms with Crippen molar-refractivity contribution in [3.63, 3.8) is 0 Å². The number of piperazine rings is 1. The number of carboxylic acid groups (broad SMARTS) is 1. The zero-order valence-electron chi connectivity index (χ0n) is 16.9. The zero-order chi connectivity index (χ0) is 22.4. The molecule has 2 aromatic carbocycles. The maximum Gasteiger partial charge on any atom is 0.416 e. The van der Waals surface area contributed by atoms with Crippen molar-refractivity contribution in [3.05, 3.63) is 59.7 Å². The molecule has 2 N–H and O–H groups in total. The highest BCUT2D eigenvalue weighted by atomic mass is 19.4. The van der Waals surface area contributed by atoms with Crippen molar-refractivity contribution in [2.75, 3.05) is 36.4 Å². The van der Waals surface area contributed by atoms with Crippen LogP contribution in [0.15, 0.2) is 48.5 Å². The summed E-state index contributed by atoms with van der Waals surface area (Å²) in [4.78, 5) is 27.0. The minimum absolute atomic E-state index is 0.0433. The molecule has 2 aromatic rings. The standard InChI is InChI=1S/C22H24F3N3O3/c23-22(24,25)17-6-7-19(18(14-17)26-20(29)8-9-21(30)31)28-12-10-27(11-13-28)15-16-4-2-1-3-5-16/h1-7,14H,8-13,15H2,(H,26,29)(H,30,31). The van der Waals surface area contributed by atoms with Gasteiger partial charge in [0.05, 0.1) is 23.4 Å². The minimum atomic E-state index is -4.55. The van der Waals surface area contributed by atoms with Gasteiger partial charge in [-0.15, -0.1) is 0 Å². The van der Waals surface area contributed by atoms with E-state index in [-0.39, 0.29) is 12.1 Å². The lowest BCUT2D eigenvalue weighted by Crippen LogP contribution is -2.46. The number of nitrogens with one attached hydrogen (secondary N) is 1. The smallest absolute Gasteiger partial charge is 0.416 e. The highest BCUT2D eigenvalue weighted by Gasteiger charge is 2.32. The molecule has 1 amide bonds. The molecule has 6 nitrogen and oxygen atoms in total. The van der Waals surface area contributed by atoms with Crippen molar-refractivity contribution in [1.82, 2.24) is 4.90 Å². The van der Waals surface area contributed by atoms with Crippen LogP contribution >= 0.6 is 0 Å². The molecule has 3 rings (SSSR count). The molecule has 9 heteroatoms. The average molecular weight is 435 g/mol. The lowest BCUT2D eigenvalue weighted by atomic mass is 10.1. The Kier molecular flexibility index (Phi) is 7.17. The maximum absolute atomic E-state index is 13.2. The Morgan fingerprint density at radius 1 is 0.968 bits per heavy atom. The number of rotatable bonds is 7. The Morgan fingerprint density at radius 2 is 1.65 bits per heavy atom. The Morgan fingerprint density at radius 3 is 2.26 bits per heavy atom. The van der Waals surface area contributed by atoms with Crippen LogP contribution in [0.2, 0.25) is 0 Å². The molecule has 1 fully saturated rings. The molecule has 31 heavy (non-hydrogen) atoms. The van der Waals surface area contributed by atoms with E-state index >= 15 is 0 Å². The van der Waals surface area contributed by atoms with E-state index in [0.29, 0.717) is 18.8 Å². The predicted octanol–water partition coefficient (Wildman–Crippen LogP) is 3.83. The van der Waals surface area contributed by atoms with E-state index in [1.54, 1.807) is 0 Å². The Bertz CT molecular complexity index is 911. The number of carbonyl (C=O) groups excluding carboxylic acids is 1. The summed E-state index contributed by atoms with van der Waals surface area (Å²) in [5.74, 6) is -1.78. The molecular weight excluding hydrogens is 411 g/mol. The Labute approximate surface area is 178 Å². The third-order valence-electron chi connectivity index (χ3n) is 5.13. The highest BCUT2D eigenvalue weighted by Crippen LogP contribution is 2.36. The largest absolute Gasteiger partial charge is 0.481 e. The molecule has 0 spiro atoms. The van der Waals surface area contributed by atoms with Crippen LogP contribution in [0.4, 0.5) is 24.5 Å². The summed E-state index contributed by atoms with van der Waals surface area (Å²) in [6.07, 6.45) is -5.25. The van der Waals surface area contributed by atoms with Gasteiger partial charge < -0.3 is 15.3 Å². The van der Waals surface area contributed by atoms with Crippen LogP contribution in [0.1, 0.15) is 24.0 Å². The third kappa shape index (κ3) is 6.45. The molecular formula is C22H24F3N3O3. The van der Waals surface area contributed by atoms with Crippen LogP contribution in [0, 0.1) is 0 Å². The van der Waals surface area contributed by atoms with Crippen LogP contribution in [0.25, 0.3) is 0 Å². The lowest BCUT2D eigenvalue weighted by molar-refractivity contribution is -0.138. The van der Waals surface area contributed by atoms with Crippen LogP contribution in [0.3, 0.4) is 0 Å². The summed E-state index contributed by atoms with van der Waals surface area (Å²) >= 11 is 0. The Balaban J connectivity index is 1.72. The number of carboxylic acids is 1. The number of nitrogens with zero attached hydrogens (tertiary/aromatic N) is 2. The molecule has 1 aliphatic heterocycles. The van der Waals surface area contributed by atoms with Gasteiger partial charge in [0.2, 0.25) is 5.91 Å². The first-order chi connectivity index (χ1) is 14.7. The summed E-state index contributed by atoms with van der Waals surface area (Å²) in [7, 11) is 0. The second-order valence-electron chi connectivity index (χ2n) is 7.42. The van der Waals surface area contributed by atoms with Gasteiger partial charge in [0.1, 0.15) is 0 Å². The molecule has 0 aromatic heterocycles. The molecule has 0 radical (unpaired) electrons. The van der Waals surface area contributed by atoms with Gasteiger partial charge in [0, 0.05) is 39.1 Å². The fraction of sp³-hybridized carbons (Fsp3) is 0.364. The Hall–Kier alpha value is -3.07. The zero-order valence-corrected chi connectivity index (χ0v) is 16.9. The quantitative estimate of drug-likeness (QED) is 0.692. The van der Waals surface area contributed by atoms with Gasteiger partial charge >= 0.3 is 12.1 Å². The second-order valence-corrected chi connectivity index (χ2v) is 7.42. The molecule has 0 atom stereocenters. The number of benzene rings is 2. The summed E-state index contributed by atoms with van der Waals surface area (Å²) in [5.41, 5.74) is 0.863. The van der Waals surface area contributed by atoms with Gasteiger partial charge in [-0.25, -0.2) is 0 Å². The number of hydrogen-bond acceptors (Lipinski definition) is 4. The number of alkyl halides is 3. The van der Waals surface area contributed by atoms with Crippen molar-refractivity contribution < 1.29 is 27.9 Å². The van der Waals surface area contributed by atoms with E-state index in [4.69, 9.17) is 5.11 Å². The van der Waals surface area contributed by atoms with E-state index in [2.05, 4.69) is 10.2 Å². The fourth-order valence-electron chi connectivity index (χ4n) is 3.51. The van der Waals surface area contributed by atoms with Crippen molar-refractivity contribution in [3.8, 4) is 0 Å². The molecule has 1 saturated heterocycles. The second kappa shape index (κ2) is 9.82. The van der Waals surface area contributed by atoms with E-state index < -0.39 is 30.0 Å². The van der Waals surface area contributed by atoms with E-state index in [0.717, 1.165) is 31.8 Å².